The monoisotopic (exact) mass is 286 g/mol. The predicted molar refractivity (Wildman–Crippen MR) is 72.2 cm³/mol. The SMILES string of the molecule is Cc1cccnc1CC(N)C1CCCC(C(F)(F)F)C1. The van der Waals surface area contributed by atoms with Crippen LogP contribution in [0.4, 0.5) is 13.2 Å². The second-order valence-corrected chi connectivity index (χ2v) is 5.80. The molecule has 2 rings (SSSR count). The number of alkyl halides is 3. The molecule has 3 unspecified atom stereocenters. The molecule has 0 saturated heterocycles. The van der Waals surface area contributed by atoms with Gasteiger partial charge in [0.05, 0.1) is 5.92 Å². The summed E-state index contributed by atoms with van der Waals surface area (Å²) in [6, 6.07) is 3.56. The highest BCUT2D eigenvalue weighted by atomic mass is 19.4. The number of aromatic nitrogens is 1. The molecule has 1 fully saturated rings. The summed E-state index contributed by atoms with van der Waals surface area (Å²) < 4.78 is 38.4. The molecule has 0 amide bonds. The highest BCUT2D eigenvalue weighted by Crippen LogP contribution is 2.40. The van der Waals surface area contributed by atoms with Gasteiger partial charge in [-0.05, 0) is 43.7 Å². The zero-order chi connectivity index (χ0) is 14.8. The summed E-state index contributed by atoms with van der Waals surface area (Å²) in [6.07, 6.45) is -0.00901. The lowest BCUT2D eigenvalue weighted by molar-refractivity contribution is -0.186. The summed E-state index contributed by atoms with van der Waals surface area (Å²) in [4.78, 5) is 4.28. The molecule has 20 heavy (non-hydrogen) atoms. The first-order valence-corrected chi connectivity index (χ1v) is 7.10. The maximum Gasteiger partial charge on any atom is 0.391 e. The van der Waals surface area contributed by atoms with Gasteiger partial charge in [0, 0.05) is 24.4 Å². The van der Waals surface area contributed by atoms with E-state index in [-0.39, 0.29) is 24.8 Å². The second-order valence-electron chi connectivity index (χ2n) is 5.80. The minimum Gasteiger partial charge on any atom is -0.327 e. The Labute approximate surface area is 117 Å². The predicted octanol–water partition coefficient (Wildman–Crippen LogP) is 3.63. The minimum absolute atomic E-state index is 0.0585. The van der Waals surface area contributed by atoms with Crippen LogP contribution in [0.3, 0.4) is 0 Å². The Morgan fingerprint density at radius 1 is 1.40 bits per heavy atom. The summed E-state index contributed by atoms with van der Waals surface area (Å²) in [5, 5.41) is 0. The van der Waals surface area contributed by atoms with E-state index >= 15 is 0 Å². The Morgan fingerprint density at radius 3 is 2.80 bits per heavy atom. The van der Waals surface area contributed by atoms with E-state index in [9.17, 15) is 13.2 Å². The third kappa shape index (κ3) is 3.72. The van der Waals surface area contributed by atoms with Gasteiger partial charge in [0.25, 0.3) is 0 Å². The van der Waals surface area contributed by atoms with E-state index in [0.29, 0.717) is 12.8 Å². The molecule has 3 atom stereocenters. The molecule has 112 valence electrons. The van der Waals surface area contributed by atoms with E-state index in [2.05, 4.69) is 4.98 Å². The standard InChI is InChI=1S/C15H21F3N2/c1-10-4-3-7-20-14(10)9-13(19)11-5-2-6-12(8-11)15(16,17)18/h3-4,7,11-13H,2,5-6,8-9,19H2,1H3. The minimum atomic E-state index is -4.08. The van der Waals surface area contributed by atoms with Gasteiger partial charge in [0.1, 0.15) is 0 Å². The molecule has 2 nitrogen and oxygen atoms in total. The van der Waals surface area contributed by atoms with Gasteiger partial charge >= 0.3 is 6.18 Å². The number of nitrogens with two attached hydrogens (primary N) is 1. The zero-order valence-electron chi connectivity index (χ0n) is 11.7. The molecule has 1 heterocycles. The maximum absolute atomic E-state index is 12.8. The van der Waals surface area contributed by atoms with Gasteiger partial charge in [-0.3, -0.25) is 4.98 Å². The zero-order valence-corrected chi connectivity index (χ0v) is 11.7. The lowest BCUT2D eigenvalue weighted by Gasteiger charge is -2.33. The fourth-order valence-electron chi connectivity index (χ4n) is 3.04. The normalized spacial score (nSPS) is 25.4. The van der Waals surface area contributed by atoms with Gasteiger partial charge in [0.2, 0.25) is 0 Å². The van der Waals surface area contributed by atoms with Crippen LogP contribution in [-0.4, -0.2) is 17.2 Å². The Balaban J connectivity index is 1.99. The Hall–Kier alpha value is -1.10. The highest BCUT2D eigenvalue weighted by molar-refractivity contribution is 5.18. The summed E-state index contributed by atoms with van der Waals surface area (Å²) in [7, 11) is 0. The van der Waals surface area contributed by atoms with Crippen molar-refractivity contribution in [3.05, 3.63) is 29.6 Å². The van der Waals surface area contributed by atoms with Crippen molar-refractivity contribution in [1.29, 1.82) is 0 Å². The number of aryl methyl sites for hydroxylation is 1. The van der Waals surface area contributed by atoms with Gasteiger partial charge in [-0.25, -0.2) is 0 Å². The first kappa shape index (κ1) is 15.3. The number of rotatable bonds is 3. The molecule has 1 aromatic heterocycles. The first-order chi connectivity index (χ1) is 9.38. The molecule has 1 aliphatic carbocycles. The van der Waals surface area contributed by atoms with E-state index in [1.54, 1.807) is 6.20 Å². The van der Waals surface area contributed by atoms with Crippen LogP contribution in [0.2, 0.25) is 0 Å². The van der Waals surface area contributed by atoms with Crippen LogP contribution >= 0.6 is 0 Å². The summed E-state index contributed by atoms with van der Waals surface area (Å²) >= 11 is 0. The summed E-state index contributed by atoms with van der Waals surface area (Å²) in [6.45, 7) is 1.95. The van der Waals surface area contributed by atoms with E-state index in [0.717, 1.165) is 17.7 Å². The molecular formula is C15H21F3N2. The lowest BCUT2D eigenvalue weighted by Crippen LogP contribution is -2.39. The molecule has 0 aromatic carbocycles. The number of nitrogens with zero attached hydrogens (tertiary/aromatic N) is 1. The van der Waals surface area contributed by atoms with Gasteiger partial charge in [-0.15, -0.1) is 0 Å². The molecule has 0 aliphatic heterocycles. The van der Waals surface area contributed by atoms with Crippen molar-refractivity contribution < 1.29 is 13.2 Å². The van der Waals surface area contributed by atoms with E-state index in [1.807, 2.05) is 19.1 Å². The third-order valence-electron chi connectivity index (χ3n) is 4.33. The Morgan fingerprint density at radius 2 is 2.15 bits per heavy atom. The van der Waals surface area contributed by atoms with Crippen molar-refractivity contribution in [2.45, 2.75) is 51.2 Å². The van der Waals surface area contributed by atoms with Gasteiger partial charge < -0.3 is 5.73 Å². The molecule has 2 N–H and O–H groups in total. The van der Waals surface area contributed by atoms with Crippen LogP contribution < -0.4 is 5.73 Å². The Kier molecular flexibility index (Phi) is 4.68. The number of hydrogen-bond donors (Lipinski definition) is 1. The lowest BCUT2D eigenvalue weighted by atomic mass is 9.76. The molecular weight excluding hydrogens is 265 g/mol. The average molecular weight is 286 g/mol. The van der Waals surface area contributed by atoms with E-state index < -0.39 is 12.1 Å². The van der Waals surface area contributed by atoms with Crippen molar-refractivity contribution >= 4 is 0 Å². The fourth-order valence-corrected chi connectivity index (χ4v) is 3.04. The first-order valence-electron chi connectivity index (χ1n) is 7.10. The Bertz CT molecular complexity index is 445. The molecule has 0 radical (unpaired) electrons. The second kappa shape index (κ2) is 6.12. The molecule has 0 spiro atoms. The molecule has 1 aliphatic rings. The number of hydrogen-bond acceptors (Lipinski definition) is 2. The van der Waals surface area contributed by atoms with Crippen LogP contribution in [0.25, 0.3) is 0 Å². The van der Waals surface area contributed by atoms with Crippen LogP contribution in [-0.2, 0) is 6.42 Å². The molecule has 0 bridgehead atoms. The highest BCUT2D eigenvalue weighted by Gasteiger charge is 2.43. The van der Waals surface area contributed by atoms with Crippen LogP contribution in [0.15, 0.2) is 18.3 Å². The topological polar surface area (TPSA) is 38.9 Å². The van der Waals surface area contributed by atoms with E-state index in [4.69, 9.17) is 5.73 Å². The van der Waals surface area contributed by atoms with Crippen LogP contribution in [0, 0.1) is 18.8 Å². The van der Waals surface area contributed by atoms with Crippen molar-refractivity contribution in [2.75, 3.05) is 0 Å². The largest absolute Gasteiger partial charge is 0.391 e. The van der Waals surface area contributed by atoms with Crippen molar-refractivity contribution in [3.8, 4) is 0 Å². The van der Waals surface area contributed by atoms with Crippen LogP contribution in [0.5, 0.6) is 0 Å². The van der Waals surface area contributed by atoms with Crippen LogP contribution in [0.1, 0.15) is 36.9 Å². The van der Waals surface area contributed by atoms with Gasteiger partial charge in [-0.2, -0.15) is 13.2 Å². The van der Waals surface area contributed by atoms with Crippen molar-refractivity contribution in [3.63, 3.8) is 0 Å². The third-order valence-corrected chi connectivity index (χ3v) is 4.33. The van der Waals surface area contributed by atoms with Gasteiger partial charge in [0.15, 0.2) is 0 Å². The smallest absolute Gasteiger partial charge is 0.327 e. The van der Waals surface area contributed by atoms with E-state index in [1.165, 1.54) is 0 Å². The number of pyridine rings is 1. The molecule has 1 saturated carbocycles. The summed E-state index contributed by atoms with van der Waals surface area (Å²) in [5.74, 6) is -1.24. The quantitative estimate of drug-likeness (QED) is 0.921. The average Bonchev–Trinajstić information content (AvgIpc) is 2.40. The fraction of sp³-hybridized carbons (Fsp3) is 0.667. The number of halogens is 3. The van der Waals surface area contributed by atoms with Gasteiger partial charge in [-0.1, -0.05) is 12.5 Å². The molecule has 5 heteroatoms. The summed E-state index contributed by atoms with van der Waals surface area (Å²) in [5.41, 5.74) is 8.09. The van der Waals surface area contributed by atoms with Crippen molar-refractivity contribution in [1.82, 2.24) is 4.98 Å². The maximum atomic E-state index is 12.8. The van der Waals surface area contributed by atoms with Crippen molar-refractivity contribution in [2.24, 2.45) is 17.6 Å². The molecule has 1 aromatic rings.